The van der Waals surface area contributed by atoms with Gasteiger partial charge in [0.15, 0.2) is 5.65 Å². The quantitative estimate of drug-likeness (QED) is 0.919. The molecule has 0 unspecified atom stereocenters. The zero-order chi connectivity index (χ0) is 13.3. The first-order chi connectivity index (χ1) is 9.22. The number of hydrogen-bond donors (Lipinski definition) is 1. The Kier molecular flexibility index (Phi) is 3.58. The predicted octanol–water partition coefficient (Wildman–Crippen LogP) is 3.16. The number of nitrogens with one attached hydrogen (secondary N) is 1. The molecule has 2 heterocycles. The first-order valence-corrected chi connectivity index (χ1v) is 7.70. The van der Waals surface area contributed by atoms with E-state index in [9.17, 15) is 0 Å². The summed E-state index contributed by atoms with van der Waals surface area (Å²) >= 11 is 3.40. The number of fused-ring (bicyclic) bond motifs is 1. The molecular formula is C14H19BrN4. The van der Waals surface area contributed by atoms with Crippen LogP contribution in [0.25, 0.3) is 5.65 Å². The van der Waals surface area contributed by atoms with E-state index in [1.165, 1.54) is 31.4 Å². The van der Waals surface area contributed by atoms with Crippen molar-refractivity contribution in [1.82, 2.24) is 19.7 Å². The Bertz CT molecular complexity index is 568. The summed E-state index contributed by atoms with van der Waals surface area (Å²) in [6.45, 7) is 4.28. The Morgan fingerprint density at radius 1 is 1.37 bits per heavy atom. The summed E-state index contributed by atoms with van der Waals surface area (Å²) in [5.74, 6) is 0. The Labute approximate surface area is 121 Å². The maximum Gasteiger partial charge on any atom is 0.155 e. The van der Waals surface area contributed by atoms with Gasteiger partial charge in [-0.1, -0.05) is 13.3 Å². The van der Waals surface area contributed by atoms with Gasteiger partial charge in [-0.25, -0.2) is 9.97 Å². The first-order valence-electron chi connectivity index (χ1n) is 6.91. The minimum Gasteiger partial charge on any atom is -0.311 e. The van der Waals surface area contributed by atoms with E-state index in [1.54, 1.807) is 6.20 Å². The molecule has 5 heteroatoms. The second-order valence-electron chi connectivity index (χ2n) is 5.50. The molecule has 1 aliphatic rings. The third-order valence-electron chi connectivity index (χ3n) is 4.41. The predicted molar refractivity (Wildman–Crippen MR) is 79.0 cm³/mol. The lowest BCUT2D eigenvalue weighted by Crippen LogP contribution is -2.39. The zero-order valence-electron chi connectivity index (χ0n) is 11.2. The van der Waals surface area contributed by atoms with Gasteiger partial charge in [0.25, 0.3) is 0 Å². The summed E-state index contributed by atoms with van der Waals surface area (Å²) in [7, 11) is 0. The van der Waals surface area contributed by atoms with Crippen molar-refractivity contribution >= 4 is 21.6 Å². The van der Waals surface area contributed by atoms with Crippen molar-refractivity contribution in [3.8, 4) is 0 Å². The van der Waals surface area contributed by atoms with Crippen LogP contribution in [0.2, 0.25) is 0 Å². The average molecular weight is 323 g/mol. The van der Waals surface area contributed by atoms with Crippen LogP contribution in [-0.4, -0.2) is 20.9 Å². The molecule has 2 aromatic heterocycles. The number of rotatable bonds is 5. The first kappa shape index (κ1) is 13.1. The zero-order valence-corrected chi connectivity index (χ0v) is 12.8. The van der Waals surface area contributed by atoms with Crippen molar-refractivity contribution in [2.75, 3.05) is 6.54 Å². The molecule has 1 fully saturated rings. The standard InChI is InChI=1S/C14H19BrN4/c1-2-14(4-3-5-14)10-16-6-11-7-18-13-8-17-12(15)9-19(11)13/h7-9,16H,2-6,10H2,1H3. The van der Waals surface area contributed by atoms with E-state index in [1.807, 2.05) is 12.4 Å². The van der Waals surface area contributed by atoms with Gasteiger partial charge in [-0.2, -0.15) is 0 Å². The Balaban J connectivity index is 1.67. The summed E-state index contributed by atoms with van der Waals surface area (Å²) in [6.07, 6.45) is 11.1. The van der Waals surface area contributed by atoms with Gasteiger partial charge < -0.3 is 5.32 Å². The number of halogens is 1. The highest BCUT2D eigenvalue weighted by Crippen LogP contribution is 2.43. The van der Waals surface area contributed by atoms with Gasteiger partial charge in [-0.3, -0.25) is 4.40 Å². The van der Waals surface area contributed by atoms with Crippen LogP contribution < -0.4 is 5.32 Å². The maximum atomic E-state index is 4.37. The van der Waals surface area contributed by atoms with Crippen molar-refractivity contribution in [2.24, 2.45) is 5.41 Å². The minimum absolute atomic E-state index is 0.558. The summed E-state index contributed by atoms with van der Waals surface area (Å²) in [4.78, 5) is 8.56. The van der Waals surface area contributed by atoms with Crippen molar-refractivity contribution < 1.29 is 0 Å². The number of hydrogen-bond acceptors (Lipinski definition) is 3. The number of aromatic nitrogens is 3. The average Bonchev–Trinajstić information content (AvgIpc) is 2.75. The van der Waals surface area contributed by atoms with Crippen LogP contribution >= 0.6 is 15.9 Å². The number of nitrogens with zero attached hydrogens (tertiary/aromatic N) is 3. The molecule has 0 bridgehead atoms. The monoisotopic (exact) mass is 322 g/mol. The van der Waals surface area contributed by atoms with Crippen LogP contribution in [0.3, 0.4) is 0 Å². The lowest BCUT2D eigenvalue weighted by molar-refractivity contribution is 0.123. The van der Waals surface area contributed by atoms with Crippen LogP contribution in [0, 0.1) is 5.41 Å². The Hall–Kier alpha value is -0.940. The van der Waals surface area contributed by atoms with Gasteiger partial charge in [0.2, 0.25) is 0 Å². The van der Waals surface area contributed by atoms with Crippen LogP contribution in [-0.2, 0) is 6.54 Å². The van der Waals surface area contributed by atoms with Gasteiger partial charge in [0, 0.05) is 19.3 Å². The lowest BCUT2D eigenvalue weighted by atomic mass is 9.67. The molecule has 0 atom stereocenters. The third-order valence-corrected chi connectivity index (χ3v) is 4.82. The molecule has 3 rings (SSSR count). The fraction of sp³-hybridized carbons (Fsp3) is 0.571. The fourth-order valence-corrected chi connectivity index (χ4v) is 3.14. The topological polar surface area (TPSA) is 42.2 Å². The van der Waals surface area contributed by atoms with Crippen LogP contribution in [0.5, 0.6) is 0 Å². The molecule has 0 aromatic carbocycles. The molecule has 1 saturated carbocycles. The highest BCUT2D eigenvalue weighted by Gasteiger charge is 2.34. The Morgan fingerprint density at radius 2 is 2.21 bits per heavy atom. The van der Waals surface area contributed by atoms with E-state index < -0.39 is 0 Å². The molecule has 0 saturated heterocycles. The molecule has 0 spiro atoms. The molecule has 0 amide bonds. The van der Waals surface area contributed by atoms with E-state index in [2.05, 4.69) is 42.5 Å². The highest BCUT2D eigenvalue weighted by molar-refractivity contribution is 9.10. The summed E-state index contributed by atoms with van der Waals surface area (Å²) in [5, 5.41) is 3.60. The van der Waals surface area contributed by atoms with Gasteiger partial charge in [0.1, 0.15) is 4.60 Å². The van der Waals surface area contributed by atoms with Crippen LogP contribution in [0.4, 0.5) is 0 Å². The summed E-state index contributed by atoms with van der Waals surface area (Å²) in [5.41, 5.74) is 2.64. The van der Waals surface area contributed by atoms with Gasteiger partial charge in [-0.15, -0.1) is 0 Å². The molecule has 1 N–H and O–H groups in total. The van der Waals surface area contributed by atoms with Crippen molar-refractivity contribution in [3.63, 3.8) is 0 Å². The molecule has 0 radical (unpaired) electrons. The van der Waals surface area contributed by atoms with Gasteiger partial charge in [-0.05, 0) is 40.6 Å². The second kappa shape index (κ2) is 5.21. The van der Waals surface area contributed by atoms with Crippen molar-refractivity contribution in [2.45, 2.75) is 39.2 Å². The number of imidazole rings is 1. The molecule has 19 heavy (non-hydrogen) atoms. The third kappa shape index (κ3) is 2.54. The SMILES string of the molecule is CCC1(CNCc2cnc3cnc(Br)cn23)CCC1. The van der Waals surface area contributed by atoms with Crippen molar-refractivity contribution in [3.05, 3.63) is 28.9 Å². The maximum absolute atomic E-state index is 4.37. The smallest absolute Gasteiger partial charge is 0.155 e. The second-order valence-corrected chi connectivity index (χ2v) is 6.31. The highest BCUT2D eigenvalue weighted by atomic mass is 79.9. The Morgan fingerprint density at radius 3 is 2.89 bits per heavy atom. The molecule has 1 aliphatic carbocycles. The molecule has 0 aliphatic heterocycles. The molecule has 102 valence electrons. The van der Waals surface area contributed by atoms with E-state index in [4.69, 9.17) is 0 Å². The van der Waals surface area contributed by atoms with Crippen molar-refractivity contribution in [1.29, 1.82) is 0 Å². The van der Waals surface area contributed by atoms with Gasteiger partial charge in [0.05, 0.1) is 18.1 Å². The normalized spacial score (nSPS) is 17.6. The van der Waals surface area contributed by atoms with Gasteiger partial charge >= 0.3 is 0 Å². The van der Waals surface area contributed by atoms with E-state index in [-0.39, 0.29) is 0 Å². The van der Waals surface area contributed by atoms with Crippen LogP contribution in [0.1, 0.15) is 38.3 Å². The fourth-order valence-electron chi connectivity index (χ4n) is 2.83. The summed E-state index contributed by atoms with van der Waals surface area (Å²) in [6, 6.07) is 0. The van der Waals surface area contributed by atoms with E-state index >= 15 is 0 Å². The molecule has 4 nitrogen and oxygen atoms in total. The molecule has 2 aromatic rings. The lowest BCUT2D eigenvalue weighted by Gasteiger charge is -2.41. The minimum atomic E-state index is 0.558. The molecular weight excluding hydrogens is 304 g/mol. The van der Waals surface area contributed by atoms with E-state index in [0.717, 1.165) is 23.3 Å². The van der Waals surface area contributed by atoms with Crippen LogP contribution in [0.15, 0.2) is 23.2 Å². The van der Waals surface area contributed by atoms with E-state index in [0.29, 0.717) is 5.41 Å². The summed E-state index contributed by atoms with van der Waals surface area (Å²) < 4.78 is 2.92. The largest absolute Gasteiger partial charge is 0.311 e.